The lowest BCUT2D eigenvalue weighted by atomic mass is 9.98. The van der Waals surface area contributed by atoms with Crippen LogP contribution in [-0.2, 0) is 37.7 Å². The molecule has 12 heteroatoms. The molecule has 2 heterocycles. The molecule has 3 rings (SSSR count). The van der Waals surface area contributed by atoms with Crippen LogP contribution in [0.25, 0.3) is 0 Å². The van der Waals surface area contributed by atoms with Crippen LogP contribution in [0, 0.1) is 0 Å². The Bertz CT molecular complexity index is 1290. The fourth-order valence-corrected chi connectivity index (χ4v) is 6.16. The van der Waals surface area contributed by atoms with Gasteiger partial charge < -0.3 is 31.4 Å². The summed E-state index contributed by atoms with van der Waals surface area (Å²) < 4.78 is 1.10. The number of hydrogen-bond donors (Lipinski definition) is 5. The van der Waals surface area contributed by atoms with Crippen molar-refractivity contribution >= 4 is 29.6 Å². The summed E-state index contributed by atoms with van der Waals surface area (Å²) in [5.74, 6) is -3.16. The molecule has 4 amide bonds. The molecule has 1 aromatic rings. The smallest absolute Gasteiger partial charge is 0.323 e. The molecule has 1 aliphatic heterocycles. The largest absolute Gasteiger partial charge is 0.480 e. The van der Waals surface area contributed by atoms with Gasteiger partial charge in [0.15, 0.2) is 0 Å². The molecule has 250 valence electrons. The number of carbonyl (C=O) groups excluding carboxylic acids is 4. The molecule has 2 aliphatic rings. The first-order valence-corrected chi connectivity index (χ1v) is 16.7. The quantitative estimate of drug-likeness (QED) is 0.122. The van der Waals surface area contributed by atoms with Crippen molar-refractivity contribution in [3.05, 3.63) is 33.2 Å². The average molecular weight is 630 g/mol. The third-order valence-electron chi connectivity index (χ3n) is 8.82. The van der Waals surface area contributed by atoms with Gasteiger partial charge in [0.05, 0.1) is 17.5 Å². The summed E-state index contributed by atoms with van der Waals surface area (Å²) >= 11 is 0. The third-order valence-corrected chi connectivity index (χ3v) is 8.82. The third kappa shape index (κ3) is 10.7. The second-order valence-corrected chi connectivity index (χ2v) is 12.8. The molecule has 1 saturated carbocycles. The molecule has 0 aromatic carbocycles. The van der Waals surface area contributed by atoms with Gasteiger partial charge in [-0.25, -0.2) is 0 Å². The van der Waals surface area contributed by atoms with E-state index in [0.29, 0.717) is 36.1 Å². The molecule has 12 nitrogen and oxygen atoms in total. The molecular formula is C33H51N5O7. The summed E-state index contributed by atoms with van der Waals surface area (Å²) in [5, 5.41) is 17.8. The number of amides is 4. The molecule has 1 aliphatic carbocycles. The molecule has 6 N–H and O–H groups in total. The van der Waals surface area contributed by atoms with Crippen LogP contribution in [-0.4, -0.2) is 51.4 Å². The van der Waals surface area contributed by atoms with E-state index < -0.39 is 47.5 Å². The van der Waals surface area contributed by atoms with E-state index >= 15 is 0 Å². The molecule has 2 atom stereocenters. The van der Waals surface area contributed by atoms with Crippen molar-refractivity contribution in [2.24, 2.45) is 5.73 Å². The Kier molecular flexibility index (Phi) is 13.6. The molecule has 0 bridgehead atoms. The Hall–Kier alpha value is -3.70. The summed E-state index contributed by atoms with van der Waals surface area (Å²) in [5.41, 5.74) is 5.57. The zero-order valence-corrected chi connectivity index (χ0v) is 26.9. The van der Waals surface area contributed by atoms with E-state index in [2.05, 4.69) is 22.9 Å². The van der Waals surface area contributed by atoms with Gasteiger partial charge in [-0.05, 0) is 44.6 Å². The summed E-state index contributed by atoms with van der Waals surface area (Å²) in [6.45, 7) is 3.34. The highest BCUT2D eigenvalue weighted by molar-refractivity contribution is 6.01. The molecule has 1 aromatic heterocycles. The van der Waals surface area contributed by atoms with Gasteiger partial charge in [-0.2, -0.15) is 0 Å². The number of nitrogens with zero attached hydrogens (tertiary/aromatic N) is 1. The Morgan fingerprint density at radius 2 is 1.58 bits per heavy atom. The van der Waals surface area contributed by atoms with Crippen LogP contribution in [0.4, 0.5) is 0 Å². The number of aliphatic carboxylic acids is 1. The number of nitrogens with one attached hydrogen (secondary N) is 3. The van der Waals surface area contributed by atoms with Gasteiger partial charge in [0.1, 0.15) is 12.6 Å². The Morgan fingerprint density at radius 1 is 0.978 bits per heavy atom. The van der Waals surface area contributed by atoms with E-state index in [-0.39, 0.29) is 37.5 Å². The van der Waals surface area contributed by atoms with Gasteiger partial charge in [0.25, 0.3) is 11.5 Å². The van der Waals surface area contributed by atoms with Crippen molar-refractivity contribution in [3.63, 3.8) is 0 Å². The monoisotopic (exact) mass is 629 g/mol. The van der Waals surface area contributed by atoms with Gasteiger partial charge in [-0.3, -0.25) is 28.8 Å². The van der Waals surface area contributed by atoms with Crippen LogP contribution in [0.3, 0.4) is 0 Å². The zero-order valence-electron chi connectivity index (χ0n) is 26.9. The minimum absolute atomic E-state index is 0.155. The second kappa shape index (κ2) is 17.1. The number of unbranched alkanes of at least 4 members (excludes halogenated alkanes) is 10. The van der Waals surface area contributed by atoms with Gasteiger partial charge in [-0.15, -0.1) is 0 Å². The molecule has 0 saturated heterocycles. The van der Waals surface area contributed by atoms with Crippen LogP contribution < -0.4 is 27.2 Å². The van der Waals surface area contributed by atoms with Gasteiger partial charge in [-0.1, -0.05) is 71.1 Å². The highest BCUT2D eigenvalue weighted by Crippen LogP contribution is 2.50. The van der Waals surface area contributed by atoms with Crippen molar-refractivity contribution in [2.75, 3.05) is 0 Å². The summed E-state index contributed by atoms with van der Waals surface area (Å²) in [6.07, 6.45) is 14.5. The molecular weight excluding hydrogens is 578 g/mol. The van der Waals surface area contributed by atoms with Crippen LogP contribution in [0.5, 0.6) is 0 Å². The van der Waals surface area contributed by atoms with E-state index in [4.69, 9.17) is 5.73 Å². The summed E-state index contributed by atoms with van der Waals surface area (Å²) in [6, 6.07) is -0.261. The minimum atomic E-state index is -1.21. The van der Waals surface area contributed by atoms with Gasteiger partial charge >= 0.3 is 5.97 Å². The Balaban J connectivity index is 1.49. The van der Waals surface area contributed by atoms with Crippen LogP contribution in [0.1, 0.15) is 138 Å². The summed E-state index contributed by atoms with van der Waals surface area (Å²) in [7, 11) is 0. The molecule has 1 fully saturated rings. The normalized spacial score (nSPS) is 15.6. The van der Waals surface area contributed by atoms with E-state index in [0.717, 1.165) is 23.8 Å². The average Bonchev–Trinajstić information content (AvgIpc) is 3.69. The number of aromatic nitrogens is 1. The maximum atomic E-state index is 13.1. The van der Waals surface area contributed by atoms with Crippen molar-refractivity contribution in [2.45, 2.75) is 147 Å². The second-order valence-electron chi connectivity index (χ2n) is 12.8. The number of hydrogen-bond acceptors (Lipinski definition) is 6. The van der Waals surface area contributed by atoms with Crippen LogP contribution in [0.2, 0.25) is 0 Å². The predicted molar refractivity (Wildman–Crippen MR) is 169 cm³/mol. The van der Waals surface area contributed by atoms with E-state index in [9.17, 15) is 33.9 Å². The Labute approximate surface area is 265 Å². The van der Waals surface area contributed by atoms with E-state index in [1.807, 2.05) is 0 Å². The number of nitrogens with two attached hydrogens (primary N) is 1. The molecule has 0 unspecified atom stereocenters. The molecule has 45 heavy (non-hydrogen) atoms. The molecule has 0 radical (unpaired) electrons. The predicted octanol–water partition coefficient (Wildman–Crippen LogP) is 3.16. The Morgan fingerprint density at radius 3 is 2.13 bits per heavy atom. The highest BCUT2D eigenvalue weighted by Gasteiger charge is 2.53. The maximum absolute atomic E-state index is 13.1. The van der Waals surface area contributed by atoms with Crippen molar-refractivity contribution in [3.8, 4) is 0 Å². The summed E-state index contributed by atoms with van der Waals surface area (Å²) in [4.78, 5) is 74.6. The maximum Gasteiger partial charge on any atom is 0.323 e. The number of carboxylic acid groups (broad SMARTS) is 1. The lowest BCUT2D eigenvalue weighted by Crippen LogP contribution is -2.50. The first-order chi connectivity index (χ1) is 21.5. The highest BCUT2D eigenvalue weighted by atomic mass is 16.4. The van der Waals surface area contributed by atoms with E-state index in [1.165, 1.54) is 51.0 Å². The minimum Gasteiger partial charge on any atom is -0.480 e. The number of pyridine rings is 1. The van der Waals surface area contributed by atoms with Gasteiger partial charge in [0.2, 0.25) is 17.7 Å². The number of primary amides is 1. The first-order valence-electron chi connectivity index (χ1n) is 16.7. The van der Waals surface area contributed by atoms with Crippen molar-refractivity contribution < 1.29 is 29.1 Å². The number of carbonyl (C=O) groups is 5. The lowest BCUT2D eigenvalue weighted by Gasteiger charge is -2.22. The number of carboxylic acids is 1. The standard InChI is InChI=1S/C33H51N5O7/c1-3-4-5-6-7-8-9-10-11-12-13-14-27(40)36-24(20-26(34)39)31(44)35-22(2)15-16-25-30-23(33(17-18-33)37-32(30)45)19-28(41)38(25)21-29(42)43/h19,22,24H,3-18,20-21H2,1-2H3,(H2,34,39)(H,35,44)(H,36,40)(H,37,45)(H,42,43)/t22-,24+/m0/s1. The van der Waals surface area contributed by atoms with Crippen molar-refractivity contribution in [1.29, 1.82) is 0 Å². The molecule has 1 spiro atoms. The SMILES string of the molecule is CCCCCCCCCCCCCC(=O)N[C@H](CC(N)=O)C(=O)N[C@@H](C)CCc1c2c(cc(=O)n1CC(=O)O)C1(CC1)NC2=O. The van der Waals surface area contributed by atoms with E-state index in [1.54, 1.807) is 6.92 Å². The first kappa shape index (κ1) is 35.8. The number of rotatable bonds is 22. The fourth-order valence-electron chi connectivity index (χ4n) is 6.16. The van der Waals surface area contributed by atoms with Gasteiger partial charge in [0, 0.05) is 24.2 Å². The zero-order chi connectivity index (χ0) is 33.0. The lowest BCUT2D eigenvalue weighted by molar-refractivity contribution is -0.137. The fraction of sp³-hybridized carbons (Fsp3) is 0.697. The topological polar surface area (TPSA) is 190 Å². The van der Waals surface area contributed by atoms with Crippen LogP contribution in [0.15, 0.2) is 10.9 Å². The number of fused-ring (bicyclic) bond motifs is 2. The van der Waals surface area contributed by atoms with Crippen LogP contribution >= 0.6 is 0 Å². The van der Waals surface area contributed by atoms with Crippen molar-refractivity contribution in [1.82, 2.24) is 20.5 Å².